The monoisotopic (exact) mass is 318 g/mol. The maximum Gasteiger partial charge on any atom is 0.325 e. The number of nitrogens with one attached hydrogen (secondary N) is 2. The van der Waals surface area contributed by atoms with Crippen LogP contribution in [0, 0.1) is 5.41 Å². The lowest BCUT2D eigenvalue weighted by Crippen LogP contribution is -2.52. The van der Waals surface area contributed by atoms with Gasteiger partial charge in [-0.3, -0.25) is 10.1 Å². The van der Waals surface area contributed by atoms with Crippen molar-refractivity contribution in [2.24, 2.45) is 11.1 Å². The molecular formula is C17H26N4O2. The Morgan fingerprint density at radius 2 is 2.00 bits per heavy atom. The number of urea groups is 1. The Labute approximate surface area is 137 Å². The van der Waals surface area contributed by atoms with Gasteiger partial charge in [0.25, 0.3) is 0 Å². The minimum Gasteiger partial charge on any atom is -0.327 e. The van der Waals surface area contributed by atoms with Gasteiger partial charge in [-0.05, 0) is 30.5 Å². The van der Waals surface area contributed by atoms with Gasteiger partial charge in [0.1, 0.15) is 0 Å². The van der Waals surface area contributed by atoms with Crippen LogP contribution in [0.4, 0.5) is 10.5 Å². The van der Waals surface area contributed by atoms with Gasteiger partial charge in [0.2, 0.25) is 5.91 Å². The topological polar surface area (TPSA) is 87.5 Å². The predicted molar refractivity (Wildman–Crippen MR) is 91.0 cm³/mol. The van der Waals surface area contributed by atoms with Crippen LogP contribution in [-0.2, 0) is 4.79 Å². The molecule has 1 atom stereocenters. The highest BCUT2D eigenvalue weighted by Gasteiger charge is 2.33. The largest absolute Gasteiger partial charge is 0.327 e. The molecule has 1 heterocycles. The minimum absolute atomic E-state index is 0.0550. The fourth-order valence-electron chi connectivity index (χ4n) is 2.81. The number of imide groups is 1. The SMILES string of the molecule is CC1(C)CN(CCC(=O)NC(=O)Nc2ccccc2)CCC1N. The average molecular weight is 318 g/mol. The third-order valence-corrected chi connectivity index (χ3v) is 4.33. The number of benzene rings is 1. The molecule has 1 aliphatic rings. The Kier molecular flexibility index (Phi) is 5.74. The summed E-state index contributed by atoms with van der Waals surface area (Å²) in [5.74, 6) is -0.272. The lowest BCUT2D eigenvalue weighted by molar-refractivity contribution is -0.120. The van der Waals surface area contributed by atoms with Crippen LogP contribution in [0.2, 0.25) is 0 Å². The molecule has 6 heteroatoms. The third kappa shape index (κ3) is 5.33. The van der Waals surface area contributed by atoms with Gasteiger partial charge >= 0.3 is 6.03 Å². The molecule has 1 aliphatic heterocycles. The number of hydrogen-bond acceptors (Lipinski definition) is 4. The second kappa shape index (κ2) is 7.57. The highest BCUT2D eigenvalue weighted by Crippen LogP contribution is 2.27. The van der Waals surface area contributed by atoms with Crippen LogP contribution in [0.15, 0.2) is 30.3 Å². The van der Waals surface area contributed by atoms with Crippen molar-refractivity contribution in [2.75, 3.05) is 25.0 Å². The number of hydrogen-bond donors (Lipinski definition) is 3. The number of carbonyl (C=O) groups excluding carboxylic acids is 2. The summed E-state index contributed by atoms with van der Waals surface area (Å²) in [5.41, 5.74) is 6.82. The highest BCUT2D eigenvalue weighted by molar-refractivity contribution is 6.01. The van der Waals surface area contributed by atoms with Crippen molar-refractivity contribution in [3.05, 3.63) is 30.3 Å². The zero-order chi connectivity index (χ0) is 16.9. The van der Waals surface area contributed by atoms with Crippen LogP contribution < -0.4 is 16.4 Å². The number of nitrogens with zero attached hydrogens (tertiary/aromatic N) is 1. The third-order valence-electron chi connectivity index (χ3n) is 4.33. The van der Waals surface area contributed by atoms with Gasteiger partial charge in [-0.15, -0.1) is 0 Å². The Morgan fingerprint density at radius 1 is 1.30 bits per heavy atom. The molecule has 4 N–H and O–H groups in total. The van der Waals surface area contributed by atoms with Crippen molar-refractivity contribution in [2.45, 2.75) is 32.7 Å². The summed E-state index contributed by atoms with van der Waals surface area (Å²) in [6.45, 7) is 6.71. The van der Waals surface area contributed by atoms with E-state index in [1.54, 1.807) is 12.1 Å². The van der Waals surface area contributed by atoms with Gasteiger partial charge in [0.05, 0.1) is 0 Å². The molecule has 0 aromatic heterocycles. The molecule has 0 bridgehead atoms. The second-order valence-electron chi connectivity index (χ2n) is 6.78. The summed E-state index contributed by atoms with van der Waals surface area (Å²) in [7, 11) is 0. The van der Waals surface area contributed by atoms with E-state index >= 15 is 0 Å². The fourth-order valence-corrected chi connectivity index (χ4v) is 2.81. The first-order chi connectivity index (χ1) is 10.9. The molecule has 1 fully saturated rings. The van der Waals surface area contributed by atoms with Crippen molar-refractivity contribution in [3.8, 4) is 0 Å². The van der Waals surface area contributed by atoms with E-state index in [2.05, 4.69) is 29.4 Å². The summed E-state index contributed by atoms with van der Waals surface area (Å²) in [4.78, 5) is 25.9. The molecule has 23 heavy (non-hydrogen) atoms. The molecule has 1 aromatic carbocycles. The first-order valence-corrected chi connectivity index (χ1v) is 8.00. The number of anilines is 1. The van der Waals surface area contributed by atoms with Gasteiger partial charge < -0.3 is 16.0 Å². The van der Waals surface area contributed by atoms with E-state index < -0.39 is 6.03 Å². The van der Waals surface area contributed by atoms with E-state index in [9.17, 15) is 9.59 Å². The van der Waals surface area contributed by atoms with Crippen LogP contribution in [0.1, 0.15) is 26.7 Å². The molecule has 0 radical (unpaired) electrons. The minimum atomic E-state index is -0.498. The number of nitrogens with two attached hydrogens (primary N) is 1. The number of likely N-dealkylation sites (tertiary alicyclic amines) is 1. The normalized spacial score (nSPS) is 20.7. The summed E-state index contributed by atoms with van der Waals surface area (Å²) in [5, 5.41) is 4.99. The number of carbonyl (C=O) groups is 2. The van der Waals surface area contributed by atoms with Crippen molar-refractivity contribution in [3.63, 3.8) is 0 Å². The van der Waals surface area contributed by atoms with E-state index in [0.29, 0.717) is 18.7 Å². The van der Waals surface area contributed by atoms with Gasteiger partial charge in [-0.2, -0.15) is 0 Å². The number of rotatable bonds is 4. The number of para-hydroxylation sites is 1. The molecule has 0 spiro atoms. The van der Waals surface area contributed by atoms with E-state index in [-0.39, 0.29) is 17.4 Å². The molecule has 0 saturated carbocycles. The lowest BCUT2D eigenvalue weighted by atomic mass is 9.80. The van der Waals surface area contributed by atoms with Crippen molar-refractivity contribution in [1.82, 2.24) is 10.2 Å². The molecule has 1 aromatic rings. The van der Waals surface area contributed by atoms with Gasteiger partial charge in [-0.1, -0.05) is 32.0 Å². The molecule has 2 rings (SSSR count). The Morgan fingerprint density at radius 3 is 2.65 bits per heavy atom. The van der Waals surface area contributed by atoms with Crippen LogP contribution in [-0.4, -0.2) is 42.5 Å². The molecule has 6 nitrogen and oxygen atoms in total. The van der Waals surface area contributed by atoms with Crippen LogP contribution >= 0.6 is 0 Å². The fraction of sp³-hybridized carbons (Fsp3) is 0.529. The Hall–Kier alpha value is -1.92. The van der Waals surface area contributed by atoms with E-state index in [4.69, 9.17) is 5.73 Å². The van der Waals surface area contributed by atoms with Crippen molar-refractivity contribution >= 4 is 17.6 Å². The average Bonchev–Trinajstić information content (AvgIpc) is 2.49. The first-order valence-electron chi connectivity index (χ1n) is 8.00. The van der Waals surface area contributed by atoms with Crippen LogP contribution in [0.5, 0.6) is 0 Å². The van der Waals surface area contributed by atoms with E-state index in [1.807, 2.05) is 18.2 Å². The molecule has 0 aliphatic carbocycles. The maximum atomic E-state index is 11.9. The van der Waals surface area contributed by atoms with E-state index in [0.717, 1.165) is 19.5 Å². The number of amides is 3. The predicted octanol–water partition coefficient (Wildman–Crippen LogP) is 1.78. The van der Waals surface area contributed by atoms with Crippen molar-refractivity contribution in [1.29, 1.82) is 0 Å². The molecule has 1 saturated heterocycles. The summed E-state index contributed by atoms with van der Waals surface area (Å²) in [6, 6.07) is 8.74. The highest BCUT2D eigenvalue weighted by atomic mass is 16.2. The van der Waals surface area contributed by atoms with Gasteiger partial charge in [0, 0.05) is 31.2 Å². The first kappa shape index (κ1) is 17.4. The zero-order valence-electron chi connectivity index (χ0n) is 13.8. The summed E-state index contributed by atoms with van der Waals surface area (Å²) >= 11 is 0. The van der Waals surface area contributed by atoms with Crippen LogP contribution in [0.25, 0.3) is 0 Å². The van der Waals surface area contributed by atoms with E-state index in [1.165, 1.54) is 0 Å². The maximum absolute atomic E-state index is 11.9. The quantitative estimate of drug-likeness (QED) is 0.790. The smallest absolute Gasteiger partial charge is 0.325 e. The van der Waals surface area contributed by atoms with Crippen molar-refractivity contribution < 1.29 is 9.59 Å². The molecule has 1 unspecified atom stereocenters. The van der Waals surface area contributed by atoms with Crippen LogP contribution in [0.3, 0.4) is 0 Å². The Balaban J connectivity index is 1.72. The van der Waals surface area contributed by atoms with Gasteiger partial charge in [0.15, 0.2) is 0 Å². The molecule has 126 valence electrons. The molecular weight excluding hydrogens is 292 g/mol. The second-order valence-corrected chi connectivity index (χ2v) is 6.78. The summed E-state index contributed by atoms with van der Waals surface area (Å²) < 4.78 is 0. The summed E-state index contributed by atoms with van der Waals surface area (Å²) in [6.07, 6.45) is 1.23. The lowest BCUT2D eigenvalue weighted by Gasteiger charge is -2.42. The standard InChI is InChI=1S/C17H26N4O2/c1-17(2)12-21(10-8-14(17)18)11-9-15(22)20-16(23)19-13-6-4-3-5-7-13/h3-7,14H,8-12,18H2,1-2H3,(H2,19,20,22,23). The number of piperidine rings is 1. The molecule has 3 amide bonds. The van der Waals surface area contributed by atoms with Gasteiger partial charge in [-0.25, -0.2) is 4.79 Å². The Bertz CT molecular complexity index is 545. The zero-order valence-corrected chi connectivity index (χ0v) is 13.8.